The highest BCUT2D eigenvalue weighted by Crippen LogP contribution is 2.30. The Labute approximate surface area is 317 Å². The molecule has 0 atom stereocenters. The first-order valence-corrected chi connectivity index (χ1v) is 17.5. The average Bonchev–Trinajstić information content (AvgIpc) is 3.11. The van der Waals surface area contributed by atoms with Gasteiger partial charge in [0.1, 0.15) is 0 Å². The number of carbonyl (C=O) groups excluding carboxylic acids is 6. The van der Waals surface area contributed by atoms with Crippen LogP contribution in [0.25, 0.3) is 0 Å². The lowest BCUT2D eigenvalue weighted by atomic mass is 10.00. The molecule has 0 saturated heterocycles. The molecule has 0 aliphatic carbocycles. The molecule has 0 bridgehead atoms. The van der Waals surface area contributed by atoms with Crippen molar-refractivity contribution in [3.05, 3.63) is 88.0 Å². The van der Waals surface area contributed by atoms with Crippen molar-refractivity contribution in [1.82, 2.24) is 0 Å². The predicted octanol–water partition coefficient (Wildman–Crippen LogP) is 6.08. The molecule has 10 nitrogen and oxygen atoms in total. The van der Waals surface area contributed by atoms with Crippen LogP contribution in [0.15, 0.2) is 36.4 Å². The predicted molar refractivity (Wildman–Crippen MR) is 191 cm³/mol. The van der Waals surface area contributed by atoms with Gasteiger partial charge in [0.05, 0.1) is 44.0 Å². The first-order valence-electron chi connectivity index (χ1n) is 17.1. The van der Waals surface area contributed by atoms with Gasteiger partial charge in [0.2, 0.25) is 17.1 Å². The van der Waals surface area contributed by atoms with E-state index in [1.165, 1.54) is 4.90 Å². The van der Waals surface area contributed by atoms with Gasteiger partial charge in [0.15, 0.2) is 52.3 Å². The van der Waals surface area contributed by atoms with E-state index in [1.54, 1.807) is 0 Å². The van der Waals surface area contributed by atoms with Crippen LogP contribution in [0.4, 0.5) is 43.4 Å². The van der Waals surface area contributed by atoms with Crippen LogP contribution in [0, 0.1) is 34.9 Å². The van der Waals surface area contributed by atoms with E-state index in [9.17, 15) is 55.1 Å². The molecule has 0 saturated carbocycles. The third kappa shape index (κ3) is 12.5. The number of benzene rings is 3. The third-order valence-corrected chi connectivity index (χ3v) is 8.31. The molecule has 0 fully saturated rings. The van der Waals surface area contributed by atoms with Crippen molar-refractivity contribution in [3.63, 3.8) is 0 Å². The molecule has 6 rings (SSSR count). The number of ketones is 3. The Morgan fingerprint density at radius 3 is 1.44 bits per heavy atom. The molecular formula is C38H38ClF6N3O7. The van der Waals surface area contributed by atoms with Crippen molar-refractivity contribution in [2.75, 3.05) is 41.4 Å². The summed E-state index contributed by atoms with van der Waals surface area (Å²) in [6.45, 7) is 3.37. The van der Waals surface area contributed by atoms with Crippen LogP contribution >= 0.6 is 11.6 Å². The highest BCUT2D eigenvalue weighted by atomic mass is 35.5. The minimum absolute atomic E-state index is 0.0153. The smallest absolute Gasteiger partial charge is 0.229 e. The molecule has 3 aliphatic heterocycles. The normalized spacial score (nSPS) is 14.0. The third-order valence-electron chi connectivity index (χ3n) is 8.12. The van der Waals surface area contributed by atoms with Crippen LogP contribution in [-0.2, 0) is 48.0 Å². The molecule has 3 aromatic rings. The van der Waals surface area contributed by atoms with E-state index in [2.05, 4.69) is 5.32 Å². The fourth-order valence-electron chi connectivity index (χ4n) is 5.59. The topological polar surface area (TPSA) is 141 Å². The first kappa shape index (κ1) is 44.3. The zero-order chi connectivity index (χ0) is 41.0. The number of halogens is 7. The summed E-state index contributed by atoms with van der Waals surface area (Å²) in [6.07, 6.45) is 2.32. The summed E-state index contributed by atoms with van der Waals surface area (Å²) in [4.78, 5) is 69.6. The second kappa shape index (κ2) is 20.6. The second-order valence-corrected chi connectivity index (χ2v) is 12.9. The van der Waals surface area contributed by atoms with Crippen LogP contribution in [-0.4, -0.2) is 65.8 Å². The number of nitrogens with one attached hydrogen (secondary N) is 1. The van der Waals surface area contributed by atoms with Gasteiger partial charge in [0.25, 0.3) is 0 Å². The van der Waals surface area contributed by atoms with E-state index in [0.717, 1.165) is 47.7 Å². The van der Waals surface area contributed by atoms with E-state index in [-0.39, 0.29) is 98.1 Å². The number of aliphatic hydroxyl groups is 1. The quantitative estimate of drug-likeness (QED) is 0.226. The summed E-state index contributed by atoms with van der Waals surface area (Å²) in [5.74, 6) is -7.06. The molecule has 0 aromatic heterocycles. The Balaban J connectivity index is 0.000000208. The largest absolute Gasteiger partial charge is 0.396 e. The number of nitrogens with zero attached hydrogens (tertiary/aromatic N) is 2. The molecule has 3 aromatic carbocycles. The van der Waals surface area contributed by atoms with Gasteiger partial charge in [-0.3, -0.25) is 28.8 Å². The Bertz CT molecular complexity index is 1870. The number of fused-ring (bicyclic) bond motifs is 3. The molecule has 3 heterocycles. The number of anilines is 3. The van der Waals surface area contributed by atoms with E-state index in [4.69, 9.17) is 16.7 Å². The zero-order valence-corrected chi connectivity index (χ0v) is 30.6. The minimum Gasteiger partial charge on any atom is -0.396 e. The van der Waals surface area contributed by atoms with Gasteiger partial charge in [-0.25, -0.2) is 26.3 Å². The number of hydrogen-bond acceptors (Lipinski definition) is 8. The Morgan fingerprint density at radius 1 is 0.618 bits per heavy atom. The molecule has 17 heteroatoms. The molecule has 2 amide bonds. The second-order valence-electron chi connectivity index (χ2n) is 12.5. The van der Waals surface area contributed by atoms with Crippen molar-refractivity contribution in [1.29, 1.82) is 0 Å². The minimum atomic E-state index is -1.06. The Morgan fingerprint density at radius 2 is 1.02 bits per heavy atom. The summed E-state index contributed by atoms with van der Waals surface area (Å²) in [6, 6.07) is 5.97. The highest BCUT2D eigenvalue weighted by molar-refractivity contribution is 6.63. The van der Waals surface area contributed by atoms with Crippen molar-refractivity contribution in [2.45, 2.75) is 65.2 Å². The maximum atomic E-state index is 13.2. The summed E-state index contributed by atoms with van der Waals surface area (Å²) >= 11 is 4.94. The van der Waals surface area contributed by atoms with Crippen LogP contribution < -0.4 is 15.1 Å². The van der Waals surface area contributed by atoms with Gasteiger partial charge < -0.3 is 20.2 Å². The lowest BCUT2D eigenvalue weighted by Gasteiger charge is -2.28. The molecule has 55 heavy (non-hydrogen) atoms. The van der Waals surface area contributed by atoms with Crippen LogP contribution in [0.3, 0.4) is 0 Å². The van der Waals surface area contributed by atoms with Gasteiger partial charge >= 0.3 is 0 Å². The number of rotatable bonds is 6. The van der Waals surface area contributed by atoms with E-state index in [0.29, 0.717) is 35.3 Å². The number of aliphatic hydroxyl groups excluding tert-OH is 1. The maximum absolute atomic E-state index is 13.2. The number of carbonyl (C=O) groups is 6. The fraction of sp³-hybridized carbons (Fsp3) is 0.368. The van der Waals surface area contributed by atoms with E-state index < -0.39 is 40.8 Å². The average molecular weight is 798 g/mol. The van der Waals surface area contributed by atoms with Gasteiger partial charge in [0, 0.05) is 56.0 Å². The summed E-state index contributed by atoms with van der Waals surface area (Å²) in [7, 11) is 0. The van der Waals surface area contributed by atoms with Gasteiger partial charge in [-0.1, -0.05) is 13.8 Å². The summed E-state index contributed by atoms with van der Waals surface area (Å²) in [5, 5.41) is 11.2. The standard InChI is InChI=1S/C13H13F2NO2.C12H11F2NO3.C9H7F2NO.C4H7ClO/c1-2-3-13(18)16-7-9(17)4-8-5-10(14)11(15)6-12(8)16;13-9-4-7-3-8(17)6-15(12(18)1-2-16)11(7)5-10(9)14;10-7-2-5-1-6(13)4-12-9(5)3-8(7)11;1-2-3-4(5)6/h5-6H,2-4,7H2,1H3;4-5,16H,1-3,6H2;2-3,12H,1,4H2;2-3H2,1H3. The van der Waals surface area contributed by atoms with Crippen LogP contribution in [0.5, 0.6) is 0 Å². The monoisotopic (exact) mass is 797 g/mol. The van der Waals surface area contributed by atoms with Crippen molar-refractivity contribution < 1.29 is 60.2 Å². The van der Waals surface area contributed by atoms with Crippen LogP contribution in [0.1, 0.15) is 62.6 Å². The molecule has 3 aliphatic rings. The molecule has 0 radical (unpaired) electrons. The molecule has 0 unspecified atom stereocenters. The van der Waals surface area contributed by atoms with Gasteiger partial charge in [-0.05, 0) is 59.3 Å². The van der Waals surface area contributed by atoms with Gasteiger partial charge in [-0.15, -0.1) is 0 Å². The van der Waals surface area contributed by atoms with Crippen molar-refractivity contribution in [2.24, 2.45) is 0 Å². The van der Waals surface area contributed by atoms with Crippen molar-refractivity contribution >= 4 is 63.1 Å². The number of hydrogen-bond donors (Lipinski definition) is 2. The highest BCUT2D eigenvalue weighted by Gasteiger charge is 2.29. The SMILES string of the molecule is CCCC(=O)Cl.CCCC(=O)N1CC(=O)Cc2cc(F)c(F)cc21.O=C1CNc2cc(F)c(F)cc2C1.O=C1Cc2cc(F)c(F)cc2N(C(=O)CCO)C1. The Hall–Kier alpha value is -5.09. The lowest BCUT2D eigenvalue weighted by Crippen LogP contribution is -2.40. The fourth-order valence-corrected chi connectivity index (χ4v) is 5.78. The molecule has 296 valence electrons. The molecular weight excluding hydrogens is 760 g/mol. The summed E-state index contributed by atoms with van der Waals surface area (Å²) in [5.41, 5.74) is 2.21. The number of Topliss-reactive ketones (excluding diaryl/α,β-unsaturated/α-hetero) is 3. The molecule has 0 spiro atoms. The number of amides is 2. The summed E-state index contributed by atoms with van der Waals surface area (Å²) < 4.78 is 78.0. The van der Waals surface area contributed by atoms with Crippen LogP contribution in [0.2, 0.25) is 0 Å². The first-order chi connectivity index (χ1) is 26.0. The molecule has 2 N–H and O–H groups in total. The van der Waals surface area contributed by atoms with E-state index >= 15 is 0 Å². The van der Waals surface area contributed by atoms with E-state index in [1.807, 2.05) is 13.8 Å². The van der Waals surface area contributed by atoms with Gasteiger partial charge in [-0.2, -0.15) is 0 Å². The zero-order valence-electron chi connectivity index (χ0n) is 29.9. The maximum Gasteiger partial charge on any atom is 0.229 e. The van der Waals surface area contributed by atoms with Crippen molar-refractivity contribution in [3.8, 4) is 0 Å². The Kier molecular flexibility index (Phi) is 16.6. The lowest BCUT2D eigenvalue weighted by molar-refractivity contribution is -0.123.